The van der Waals surface area contributed by atoms with E-state index in [1.807, 2.05) is 29.5 Å². The summed E-state index contributed by atoms with van der Waals surface area (Å²) in [5.41, 5.74) is 0.622. The lowest BCUT2D eigenvalue weighted by molar-refractivity contribution is 0.0949. The molecular formula is C18H17N3O2S. The molecule has 0 radical (unpaired) electrons. The predicted octanol–water partition coefficient (Wildman–Crippen LogP) is 3.64. The third kappa shape index (κ3) is 3.10. The van der Waals surface area contributed by atoms with E-state index in [0.29, 0.717) is 29.1 Å². The van der Waals surface area contributed by atoms with Gasteiger partial charge in [-0.25, -0.2) is 0 Å². The number of nitrogens with zero attached hydrogens (tertiary/aromatic N) is 2. The quantitative estimate of drug-likeness (QED) is 0.770. The van der Waals surface area contributed by atoms with Crippen LogP contribution in [-0.4, -0.2) is 16.0 Å². The lowest BCUT2D eigenvalue weighted by atomic mass is 10.2. The Hall–Kier alpha value is -2.47. The largest absolute Gasteiger partial charge is 0.345 e. The number of rotatable bonds is 5. The van der Waals surface area contributed by atoms with Gasteiger partial charge in [0.1, 0.15) is 0 Å². The highest BCUT2D eigenvalue weighted by molar-refractivity contribution is 7.12. The summed E-state index contributed by atoms with van der Waals surface area (Å²) in [6, 6.07) is 13.4. The number of carbonyl (C=O) groups excluding carboxylic acids is 1. The Kier molecular flexibility index (Phi) is 3.90. The molecule has 1 aromatic carbocycles. The first kappa shape index (κ1) is 15.1. The van der Waals surface area contributed by atoms with Crippen LogP contribution in [0.5, 0.6) is 0 Å². The van der Waals surface area contributed by atoms with Crippen LogP contribution in [0.15, 0.2) is 47.0 Å². The van der Waals surface area contributed by atoms with Gasteiger partial charge in [0.15, 0.2) is 5.82 Å². The molecule has 1 saturated carbocycles. The maximum atomic E-state index is 12.0. The van der Waals surface area contributed by atoms with Crippen molar-refractivity contribution in [1.82, 2.24) is 15.5 Å². The van der Waals surface area contributed by atoms with E-state index in [9.17, 15) is 4.79 Å². The molecule has 5 nitrogen and oxygen atoms in total. The van der Waals surface area contributed by atoms with Crippen LogP contribution < -0.4 is 5.32 Å². The van der Waals surface area contributed by atoms with Gasteiger partial charge in [0.2, 0.25) is 5.89 Å². The minimum Gasteiger partial charge on any atom is -0.345 e. The molecule has 0 saturated heterocycles. The van der Waals surface area contributed by atoms with Crippen LogP contribution in [0.4, 0.5) is 0 Å². The van der Waals surface area contributed by atoms with Gasteiger partial charge in [-0.1, -0.05) is 23.4 Å². The maximum absolute atomic E-state index is 12.0. The van der Waals surface area contributed by atoms with Crippen LogP contribution in [0.3, 0.4) is 0 Å². The fourth-order valence-corrected chi connectivity index (χ4v) is 3.83. The van der Waals surface area contributed by atoms with Crippen molar-refractivity contribution in [3.8, 4) is 0 Å². The van der Waals surface area contributed by atoms with E-state index in [4.69, 9.17) is 4.52 Å². The molecule has 0 aliphatic heterocycles. The zero-order valence-electron chi connectivity index (χ0n) is 13.2. The van der Waals surface area contributed by atoms with E-state index < -0.39 is 0 Å². The van der Waals surface area contributed by atoms with Crippen molar-refractivity contribution >= 4 is 17.2 Å². The number of carbonyl (C=O) groups is 1. The molecule has 4 rings (SSSR count). The van der Waals surface area contributed by atoms with Gasteiger partial charge in [0, 0.05) is 27.2 Å². The van der Waals surface area contributed by atoms with E-state index in [1.165, 1.54) is 9.75 Å². The predicted molar refractivity (Wildman–Crippen MR) is 91.1 cm³/mol. The van der Waals surface area contributed by atoms with Crippen LogP contribution in [-0.2, 0) is 6.54 Å². The topological polar surface area (TPSA) is 68.0 Å². The summed E-state index contributed by atoms with van der Waals surface area (Å²) in [7, 11) is 0. The average Bonchev–Trinajstić information content (AvgIpc) is 3.05. The Morgan fingerprint density at radius 3 is 2.83 bits per heavy atom. The van der Waals surface area contributed by atoms with Gasteiger partial charge < -0.3 is 9.84 Å². The van der Waals surface area contributed by atoms with E-state index >= 15 is 0 Å². The highest BCUT2D eigenvalue weighted by Gasteiger charge is 2.44. The van der Waals surface area contributed by atoms with Crippen molar-refractivity contribution in [2.24, 2.45) is 0 Å². The first-order valence-corrected chi connectivity index (χ1v) is 8.74. The molecule has 0 unspecified atom stereocenters. The van der Waals surface area contributed by atoms with E-state index in [1.54, 1.807) is 12.1 Å². The summed E-state index contributed by atoms with van der Waals surface area (Å²) < 4.78 is 5.38. The van der Waals surface area contributed by atoms with Gasteiger partial charge in [0.05, 0.1) is 6.54 Å². The molecule has 6 heteroatoms. The zero-order chi connectivity index (χ0) is 16.5. The van der Waals surface area contributed by atoms with E-state index in [2.05, 4.69) is 34.5 Å². The highest BCUT2D eigenvalue weighted by Crippen LogP contribution is 2.55. The van der Waals surface area contributed by atoms with Crippen molar-refractivity contribution in [3.63, 3.8) is 0 Å². The molecule has 2 aromatic heterocycles. The summed E-state index contributed by atoms with van der Waals surface area (Å²) >= 11 is 1.83. The van der Waals surface area contributed by atoms with Crippen LogP contribution in [0, 0.1) is 6.92 Å². The minimum absolute atomic E-state index is 0.139. The van der Waals surface area contributed by atoms with Gasteiger partial charge in [-0.3, -0.25) is 4.79 Å². The maximum Gasteiger partial charge on any atom is 0.251 e. The second kappa shape index (κ2) is 6.20. The molecule has 3 aromatic rings. The third-order valence-corrected chi connectivity index (χ3v) is 5.29. The van der Waals surface area contributed by atoms with Crippen LogP contribution >= 0.6 is 11.3 Å². The van der Waals surface area contributed by atoms with E-state index in [0.717, 1.165) is 6.42 Å². The third-order valence-electron chi connectivity index (χ3n) is 4.16. The van der Waals surface area contributed by atoms with Gasteiger partial charge in [-0.2, -0.15) is 4.98 Å². The number of amides is 1. The molecule has 122 valence electrons. The molecule has 24 heavy (non-hydrogen) atoms. The minimum atomic E-state index is -0.139. The van der Waals surface area contributed by atoms with E-state index in [-0.39, 0.29) is 12.5 Å². The first-order valence-electron chi connectivity index (χ1n) is 7.93. The fraction of sp³-hybridized carbons (Fsp3) is 0.278. The molecule has 2 heterocycles. The molecular weight excluding hydrogens is 322 g/mol. The number of hydrogen-bond donors (Lipinski definition) is 1. The molecule has 1 aliphatic carbocycles. The Labute approximate surface area is 143 Å². The standard InChI is InChI=1S/C18H17N3O2S/c1-11-7-8-15(24-11)13-9-14(13)18-20-16(21-23-18)10-19-17(22)12-5-3-2-4-6-12/h2-8,13-14H,9-10H2,1H3,(H,19,22)/t13-,14+/m1/s1. The summed E-state index contributed by atoms with van der Waals surface area (Å²) in [6.07, 6.45) is 1.05. The van der Waals surface area contributed by atoms with Crippen molar-refractivity contribution in [2.45, 2.75) is 31.7 Å². The molecule has 1 amide bonds. The Morgan fingerprint density at radius 2 is 2.08 bits per heavy atom. The fourth-order valence-electron chi connectivity index (χ4n) is 2.78. The van der Waals surface area contributed by atoms with Crippen LogP contribution in [0.2, 0.25) is 0 Å². The van der Waals surface area contributed by atoms with Crippen LogP contribution in [0.1, 0.15) is 50.1 Å². The molecule has 0 spiro atoms. The normalized spacial score (nSPS) is 19.2. The second-order valence-electron chi connectivity index (χ2n) is 5.99. The summed E-state index contributed by atoms with van der Waals surface area (Å²) in [5, 5.41) is 6.79. The first-order chi connectivity index (χ1) is 11.7. The number of aryl methyl sites for hydroxylation is 1. The average molecular weight is 339 g/mol. The second-order valence-corrected chi connectivity index (χ2v) is 7.31. The number of benzene rings is 1. The number of hydrogen-bond acceptors (Lipinski definition) is 5. The lowest BCUT2D eigenvalue weighted by Gasteiger charge is -2.01. The Morgan fingerprint density at radius 1 is 1.25 bits per heavy atom. The van der Waals surface area contributed by atoms with Crippen LogP contribution in [0.25, 0.3) is 0 Å². The molecule has 0 bridgehead atoms. The van der Waals surface area contributed by atoms with Gasteiger partial charge in [0.25, 0.3) is 5.91 Å². The molecule has 1 aliphatic rings. The monoisotopic (exact) mass is 339 g/mol. The molecule has 2 atom stereocenters. The van der Waals surface area contributed by atoms with Gasteiger partial charge in [-0.15, -0.1) is 11.3 Å². The van der Waals surface area contributed by atoms with Gasteiger partial charge in [-0.05, 0) is 37.6 Å². The molecule has 1 fully saturated rings. The SMILES string of the molecule is Cc1ccc([C@@H]2C[C@@H]2c2nc(CNC(=O)c3ccccc3)no2)s1. The Balaban J connectivity index is 1.35. The smallest absolute Gasteiger partial charge is 0.251 e. The number of aromatic nitrogens is 2. The van der Waals surface area contributed by atoms with Crippen molar-refractivity contribution < 1.29 is 9.32 Å². The molecule has 1 N–H and O–H groups in total. The number of nitrogens with one attached hydrogen (secondary N) is 1. The highest BCUT2D eigenvalue weighted by atomic mass is 32.1. The van der Waals surface area contributed by atoms with Gasteiger partial charge >= 0.3 is 0 Å². The Bertz CT molecular complexity index is 856. The summed E-state index contributed by atoms with van der Waals surface area (Å²) in [4.78, 5) is 19.2. The van der Waals surface area contributed by atoms with Crippen molar-refractivity contribution in [1.29, 1.82) is 0 Å². The van der Waals surface area contributed by atoms with Crippen molar-refractivity contribution in [3.05, 3.63) is 69.5 Å². The lowest BCUT2D eigenvalue weighted by Crippen LogP contribution is -2.23. The van der Waals surface area contributed by atoms with Crippen molar-refractivity contribution in [2.75, 3.05) is 0 Å². The zero-order valence-corrected chi connectivity index (χ0v) is 14.0. The summed E-state index contributed by atoms with van der Waals surface area (Å²) in [6.45, 7) is 2.39. The number of thiophene rings is 1. The summed E-state index contributed by atoms with van der Waals surface area (Å²) in [5.74, 6) is 1.86.